The molecule has 106 valence electrons. The third-order valence-electron chi connectivity index (χ3n) is 3.71. The maximum atomic E-state index is 11.4. The third-order valence-corrected chi connectivity index (χ3v) is 3.71. The Labute approximate surface area is 119 Å². The first-order chi connectivity index (χ1) is 9.32. The Balaban J connectivity index is 2.69. The van der Waals surface area contributed by atoms with E-state index in [-0.39, 0.29) is 5.92 Å². The SMILES string of the molecule is Cc1ccc(-c2cc(C(=O)O)c(C(C)C)n2C)c(C)c1. The number of hydrogen-bond donors (Lipinski definition) is 1. The lowest BCUT2D eigenvalue weighted by atomic mass is 10.0. The zero-order valence-corrected chi connectivity index (χ0v) is 12.7. The second kappa shape index (κ2) is 5.16. The third kappa shape index (κ3) is 2.36. The molecule has 3 heteroatoms. The van der Waals surface area contributed by atoms with Crippen LogP contribution in [0.1, 0.15) is 46.9 Å². The predicted molar refractivity (Wildman–Crippen MR) is 81.4 cm³/mol. The highest BCUT2D eigenvalue weighted by Crippen LogP contribution is 2.31. The molecule has 1 N–H and O–H groups in total. The van der Waals surface area contributed by atoms with Gasteiger partial charge in [-0.15, -0.1) is 0 Å². The highest BCUT2D eigenvalue weighted by molar-refractivity contribution is 5.91. The Hall–Kier alpha value is -2.03. The topological polar surface area (TPSA) is 42.2 Å². The Kier molecular flexibility index (Phi) is 3.71. The van der Waals surface area contributed by atoms with Crippen molar-refractivity contribution in [2.75, 3.05) is 0 Å². The number of benzene rings is 1. The van der Waals surface area contributed by atoms with Gasteiger partial charge in [0.1, 0.15) is 0 Å². The maximum absolute atomic E-state index is 11.4. The molecule has 0 aliphatic rings. The van der Waals surface area contributed by atoms with Gasteiger partial charge < -0.3 is 9.67 Å². The number of carboxylic acid groups (broad SMARTS) is 1. The van der Waals surface area contributed by atoms with E-state index in [2.05, 4.69) is 32.0 Å². The van der Waals surface area contributed by atoms with E-state index >= 15 is 0 Å². The number of hydrogen-bond acceptors (Lipinski definition) is 1. The first-order valence-electron chi connectivity index (χ1n) is 6.83. The predicted octanol–water partition coefficient (Wildman–Crippen LogP) is 4.13. The van der Waals surface area contributed by atoms with Gasteiger partial charge in [0.25, 0.3) is 0 Å². The van der Waals surface area contributed by atoms with Gasteiger partial charge in [0.15, 0.2) is 0 Å². The minimum atomic E-state index is -0.861. The summed E-state index contributed by atoms with van der Waals surface area (Å²) in [6.07, 6.45) is 0. The van der Waals surface area contributed by atoms with Gasteiger partial charge in [-0.25, -0.2) is 4.79 Å². The summed E-state index contributed by atoms with van der Waals surface area (Å²) in [5.74, 6) is -0.689. The molecule has 1 aromatic carbocycles. The molecule has 0 aliphatic carbocycles. The fourth-order valence-electron chi connectivity index (χ4n) is 2.85. The van der Waals surface area contributed by atoms with Gasteiger partial charge in [0, 0.05) is 24.0 Å². The van der Waals surface area contributed by atoms with E-state index in [1.54, 1.807) is 6.07 Å². The quantitative estimate of drug-likeness (QED) is 0.912. The van der Waals surface area contributed by atoms with Crippen LogP contribution >= 0.6 is 0 Å². The summed E-state index contributed by atoms with van der Waals surface area (Å²) in [5.41, 5.74) is 5.70. The Morgan fingerprint density at radius 1 is 1.20 bits per heavy atom. The molecule has 1 aromatic heterocycles. The van der Waals surface area contributed by atoms with Crippen LogP contribution < -0.4 is 0 Å². The van der Waals surface area contributed by atoms with Gasteiger partial charge in [0.05, 0.1) is 5.56 Å². The smallest absolute Gasteiger partial charge is 0.337 e. The van der Waals surface area contributed by atoms with Crippen molar-refractivity contribution in [3.63, 3.8) is 0 Å². The number of carbonyl (C=O) groups is 1. The molecule has 0 atom stereocenters. The normalized spacial score (nSPS) is 11.1. The van der Waals surface area contributed by atoms with E-state index in [1.807, 2.05) is 25.5 Å². The lowest BCUT2D eigenvalue weighted by Crippen LogP contribution is -2.06. The standard InChI is InChI=1S/C17H21NO2/c1-10(2)16-14(17(19)20)9-15(18(16)5)13-7-6-11(3)8-12(13)4/h6-10H,1-5H3,(H,19,20). The summed E-state index contributed by atoms with van der Waals surface area (Å²) in [6.45, 7) is 8.16. The fourth-order valence-corrected chi connectivity index (χ4v) is 2.85. The lowest BCUT2D eigenvalue weighted by Gasteiger charge is -2.13. The molecular formula is C17H21NO2. The van der Waals surface area contributed by atoms with Crippen molar-refractivity contribution in [3.05, 3.63) is 46.6 Å². The summed E-state index contributed by atoms with van der Waals surface area (Å²) in [7, 11) is 1.94. The molecule has 20 heavy (non-hydrogen) atoms. The summed E-state index contributed by atoms with van der Waals surface area (Å²) in [6, 6.07) is 8.04. The van der Waals surface area contributed by atoms with Crippen molar-refractivity contribution < 1.29 is 9.90 Å². The van der Waals surface area contributed by atoms with Crippen LogP contribution in [0.5, 0.6) is 0 Å². The number of aromatic nitrogens is 1. The molecule has 0 amide bonds. The van der Waals surface area contributed by atoms with Gasteiger partial charge >= 0.3 is 5.97 Å². The monoisotopic (exact) mass is 271 g/mol. The Morgan fingerprint density at radius 3 is 2.30 bits per heavy atom. The minimum absolute atomic E-state index is 0.172. The maximum Gasteiger partial charge on any atom is 0.337 e. The Bertz CT molecular complexity index is 666. The van der Waals surface area contributed by atoms with E-state index in [0.29, 0.717) is 5.56 Å². The largest absolute Gasteiger partial charge is 0.478 e. The van der Waals surface area contributed by atoms with E-state index in [9.17, 15) is 9.90 Å². The molecule has 1 heterocycles. The van der Waals surface area contributed by atoms with Gasteiger partial charge in [-0.05, 0) is 31.4 Å². The van der Waals surface area contributed by atoms with Gasteiger partial charge in [0.2, 0.25) is 0 Å². The number of nitrogens with zero attached hydrogens (tertiary/aromatic N) is 1. The van der Waals surface area contributed by atoms with E-state index in [4.69, 9.17) is 0 Å². The van der Waals surface area contributed by atoms with Crippen molar-refractivity contribution >= 4 is 5.97 Å². The van der Waals surface area contributed by atoms with Crippen molar-refractivity contribution in [2.45, 2.75) is 33.6 Å². The summed E-state index contributed by atoms with van der Waals surface area (Å²) in [4.78, 5) is 11.4. The highest BCUT2D eigenvalue weighted by atomic mass is 16.4. The molecule has 0 fully saturated rings. The number of carboxylic acids is 1. The first-order valence-corrected chi connectivity index (χ1v) is 6.83. The van der Waals surface area contributed by atoms with Gasteiger partial charge in [-0.1, -0.05) is 37.6 Å². The molecule has 3 nitrogen and oxygen atoms in total. The summed E-state index contributed by atoms with van der Waals surface area (Å²) >= 11 is 0. The van der Waals surface area contributed by atoms with E-state index < -0.39 is 5.97 Å². The van der Waals surface area contributed by atoms with Crippen LogP contribution in [0.4, 0.5) is 0 Å². The molecule has 0 spiro atoms. The van der Waals surface area contributed by atoms with Crippen LogP contribution in [-0.4, -0.2) is 15.6 Å². The fraction of sp³-hybridized carbons (Fsp3) is 0.353. The first kappa shape index (κ1) is 14.4. The summed E-state index contributed by atoms with van der Waals surface area (Å²) < 4.78 is 2.01. The number of aromatic carboxylic acids is 1. The minimum Gasteiger partial charge on any atom is -0.478 e. The summed E-state index contributed by atoms with van der Waals surface area (Å²) in [5, 5.41) is 9.40. The average Bonchev–Trinajstić information content (AvgIpc) is 2.67. The molecule has 0 saturated heterocycles. The lowest BCUT2D eigenvalue weighted by molar-refractivity contribution is 0.0695. The van der Waals surface area contributed by atoms with Crippen LogP contribution in [0.3, 0.4) is 0 Å². The van der Waals surface area contributed by atoms with Crippen LogP contribution in [0, 0.1) is 13.8 Å². The van der Waals surface area contributed by atoms with Gasteiger partial charge in [-0.2, -0.15) is 0 Å². The van der Waals surface area contributed by atoms with Crippen molar-refractivity contribution in [1.29, 1.82) is 0 Å². The van der Waals surface area contributed by atoms with E-state index in [0.717, 1.165) is 22.5 Å². The van der Waals surface area contributed by atoms with E-state index in [1.165, 1.54) is 5.56 Å². The second-order valence-electron chi connectivity index (χ2n) is 5.67. The molecule has 0 bridgehead atoms. The second-order valence-corrected chi connectivity index (χ2v) is 5.67. The van der Waals surface area contributed by atoms with Crippen molar-refractivity contribution in [3.8, 4) is 11.3 Å². The zero-order valence-electron chi connectivity index (χ0n) is 12.7. The molecule has 0 saturated carbocycles. The molecule has 0 radical (unpaired) electrons. The Morgan fingerprint density at radius 2 is 1.85 bits per heavy atom. The van der Waals surface area contributed by atoms with Crippen LogP contribution in [0.2, 0.25) is 0 Å². The zero-order chi connectivity index (χ0) is 15.0. The number of aryl methyl sites for hydroxylation is 2. The van der Waals surface area contributed by atoms with Crippen LogP contribution in [0.15, 0.2) is 24.3 Å². The highest BCUT2D eigenvalue weighted by Gasteiger charge is 2.21. The van der Waals surface area contributed by atoms with Crippen LogP contribution in [-0.2, 0) is 7.05 Å². The van der Waals surface area contributed by atoms with Gasteiger partial charge in [-0.3, -0.25) is 0 Å². The molecular weight excluding hydrogens is 250 g/mol. The molecule has 2 aromatic rings. The van der Waals surface area contributed by atoms with Crippen molar-refractivity contribution in [2.24, 2.45) is 7.05 Å². The molecule has 0 aliphatic heterocycles. The number of rotatable bonds is 3. The average molecular weight is 271 g/mol. The van der Waals surface area contributed by atoms with Crippen LogP contribution in [0.25, 0.3) is 11.3 Å². The van der Waals surface area contributed by atoms with Crippen molar-refractivity contribution in [1.82, 2.24) is 4.57 Å². The molecule has 2 rings (SSSR count). The molecule has 0 unspecified atom stereocenters.